The van der Waals surface area contributed by atoms with Crippen LogP contribution in [0.25, 0.3) is 0 Å². The van der Waals surface area contributed by atoms with Crippen LogP contribution in [0.1, 0.15) is 31.7 Å². The summed E-state index contributed by atoms with van der Waals surface area (Å²) in [7, 11) is 0. The van der Waals surface area contributed by atoms with Crippen molar-refractivity contribution in [3.05, 3.63) is 29.8 Å². The Hall–Kier alpha value is -1.88. The van der Waals surface area contributed by atoms with Crippen molar-refractivity contribution in [2.75, 3.05) is 37.6 Å². The van der Waals surface area contributed by atoms with Crippen LogP contribution in [0.15, 0.2) is 24.3 Å². The van der Waals surface area contributed by atoms with Crippen molar-refractivity contribution in [3.63, 3.8) is 0 Å². The van der Waals surface area contributed by atoms with Gasteiger partial charge in [0.1, 0.15) is 0 Å². The van der Waals surface area contributed by atoms with Gasteiger partial charge >= 0.3 is 0 Å². The normalized spacial score (nSPS) is 22.4. The maximum atomic E-state index is 12.5. The van der Waals surface area contributed by atoms with E-state index in [1.807, 2.05) is 31.2 Å². The number of piperidine rings is 1. The number of rotatable bonds is 5. The van der Waals surface area contributed by atoms with E-state index in [0.29, 0.717) is 18.9 Å². The number of carbonyl (C=O) groups is 2. The topological polar surface area (TPSA) is 52.7 Å². The van der Waals surface area contributed by atoms with Gasteiger partial charge in [0.2, 0.25) is 11.8 Å². The molecule has 0 aromatic heterocycles. The summed E-state index contributed by atoms with van der Waals surface area (Å²) < 4.78 is 0. The lowest BCUT2D eigenvalue weighted by Gasteiger charge is -2.31. The second-order valence-corrected chi connectivity index (χ2v) is 7.36. The summed E-state index contributed by atoms with van der Waals surface area (Å²) in [5.41, 5.74) is 2.05. The lowest BCUT2D eigenvalue weighted by molar-refractivity contribution is -0.126. The van der Waals surface area contributed by atoms with Gasteiger partial charge in [0.15, 0.2) is 0 Å². The molecule has 1 N–H and O–H groups in total. The van der Waals surface area contributed by atoms with Crippen LogP contribution in [0.5, 0.6) is 0 Å². The molecule has 2 fully saturated rings. The van der Waals surface area contributed by atoms with E-state index in [9.17, 15) is 9.59 Å². The molecule has 0 unspecified atom stereocenters. The fraction of sp³-hybridized carbons (Fsp3) is 0.600. The van der Waals surface area contributed by atoms with Crippen LogP contribution in [0.3, 0.4) is 0 Å². The molecule has 0 radical (unpaired) electrons. The zero-order chi connectivity index (χ0) is 17.8. The number of hydrogen-bond acceptors (Lipinski definition) is 3. The van der Waals surface area contributed by atoms with E-state index in [4.69, 9.17) is 0 Å². The molecule has 2 aliphatic rings. The van der Waals surface area contributed by atoms with Crippen LogP contribution >= 0.6 is 0 Å². The van der Waals surface area contributed by atoms with E-state index in [0.717, 1.165) is 44.7 Å². The molecule has 3 rings (SSSR count). The Morgan fingerprint density at radius 2 is 1.88 bits per heavy atom. The summed E-state index contributed by atoms with van der Waals surface area (Å²) in [5.74, 6) is 0.405. The molecule has 5 nitrogen and oxygen atoms in total. The van der Waals surface area contributed by atoms with Gasteiger partial charge in [-0.15, -0.1) is 0 Å². The molecule has 5 heteroatoms. The van der Waals surface area contributed by atoms with Crippen molar-refractivity contribution in [2.24, 2.45) is 11.8 Å². The molecule has 2 amide bonds. The van der Waals surface area contributed by atoms with Gasteiger partial charge in [-0.3, -0.25) is 9.59 Å². The fourth-order valence-electron chi connectivity index (χ4n) is 3.75. The van der Waals surface area contributed by atoms with Crippen LogP contribution in [-0.2, 0) is 9.59 Å². The molecule has 2 saturated heterocycles. The molecule has 0 spiro atoms. The third-order valence-electron chi connectivity index (χ3n) is 5.56. The summed E-state index contributed by atoms with van der Waals surface area (Å²) >= 11 is 0. The van der Waals surface area contributed by atoms with Gasteiger partial charge in [-0.2, -0.15) is 0 Å². The molecule has 2 aliphatic heterocycles. The quantitative estimate of drug-likeness (QED) is 0.892. The van der Waals surface area contributed by atoms with Crippen molar-refractivity contribution >= 4 is 17.5 Å². The second-order valence-electron chi connectivity index (χ2n) is 7.36. The Bertz CT molecular complexity index is 606. The van der Waals surface area contributed by atoms with Gasteiger partial charge in [0.25, 0.3) is 0 Å². The van der Waals surface area contributed by atoms with Crippen molar-refractivity contribution in [2.45, 2.75) is 33.1 Å². The molecule has 1 aromatic carbocycles. The van der Waals surface area contributed by atoms with Crippen LogP contribution in [0.2, 0.25) is 0 Å². The van der Waals surface area contributed by atoms with E-state index in [2.05, 4.69) is 17.1 Å². The number of aryl methyl sites for hydroxylation is 1. The molecular weight excluding hydrogens is 314 g/mol. The molecule has 0 bridgehead atoms. The molecule has 0 saturated carbocycles. The number of likely N-dealkylation sites (tertiary alicyclic amines) is 1. The molecular formula is C20H29N3O2. The van der Waals surface area contributed by atoms with E-state index < -0.39 is 0 Å². The highest BCUT2D eigenvalue weighted by Gasteiger charge is 2.35. The minimum Gasteiger partial charge on any atom is -0.356 e. The first kappa shape index (κ1) is 17.9. The SMILES string of the molecule is CCN1CCC(CNC(=O)[C@@H]2CC(=O)N(c3ccc(C)cc3)C2)CC1. The number of benzene rings is 1. The van der Waals surface area contributed by atoms with Gasteiger partial charge in [0.05, 0.1) is 5.92 Å². The summed E-state index contributed by atoms with van der Waals surface area (Å²) in [5, 5.41) is 3.09. The first-order valence-corrected chi connectivity index (χ1v) is 9.44. The predicted octanol–water partition coefficient (Wildman–Crippen LogP) is 2.20. The third kappa shape index (κ3) is 4.40. The number of nitrogens with zero attached hydrogens (tertiary/aromatic N) is 2. The predicted molar refractivity (Wildman–Crippen MR) is 99.5 cm³/mol. The minimum atomic E-state index is -0.232. The Morgan fingerprint density at radius 3 is 2.52 bits per heavy atom. The Labute approximate surface area is 150 Å². The molecule has 0 aliphatic carbocycles. The first-order chi connectivity index (χ1) is 12.1. The van der Waals surface area contributed by atoms with Gasteiger partial charge in [0, 0.05) is 25.2 Å². The highest BCUT2D eigenvalue weighted by Crippen LogP contribution is 2.25. The number of nitrogens with one attached hydrogen (secondary N) is 1. The first-order valence-electron chi connectivity index (χ1n) is 9.44. The van der Waals surface area contributed by atoms with E-state index in [1.54, 1.807) is 4.90 Å². The average Bonchev–Trinajstić information content (AvgIpc) is 3.02. The second kappa shape index (κ2) is 8.00. The van der Waals surface area contributed by atoms with E-state index >= 15 is 0 Å². The molecule has 25 heavy (non-hydrogen) atoms. The smallest absolute Gasteiger partial charge is 0.227 e. The monoisotopic (exact) mass is 343 g/mol. The molecule has 136 valence electrons. The van der Waals surface area contributed by atoms with Gasteiger partial charge < -0.3 is 15.1 Å². The van der Waals surface area contributed by atoms with Crippen LogP contribution in [-0.4, -0.2) is 49.4 Å². The van der Waals surface area contributed by atoms with Crippen LogP contribution in [0.4, 0.5) is 5.69 Å². The molecule has 1 aromatic rings. The minimum absolute atomic E-state index is 0.0286. The summed E-state index contributed by atoms with van der Waals surface area (Å²) in [4.78, 5) is 29.0. The number of amides is 2. The number of anilines is 1. The Kier molecular flexibility index (Phi) is 5.74. The van der Waals surface area contributed by atoms with Gasteiger partial charge in [-0.05, 0) is 57.5 Å². The number of hydrogen-bond donors (Lipinski definition) is 1. The molecule has 1 atom stereocenters. The van der Waals surface area contributed by atoms with Crippen molar-refractivity contribution in [1.82, 2.24) is 10.2 Å². The van der Waals surface area contributed by atoms with Crippen molar-refractivity contribution in [1.29, 1.82) is 0 Å². The Morgan fingerprint density at radius 1 is 1.20 bits per heavy atom. The summed E-state index contributed by atoms with van der Waals surface area (Å²) in [6, 6.07) is 7.90. The summed E-state index contributed by atoms with van der Waals surface area (Å²) in [6.07, 6.45) is 2.61. The van der Waals surface area contributed by atoms with Crippen molar-refractivity contribution < 1.29 is 9.59 Å². The summed E-state index contributed by atoms with van der Waals surface area (Å²) in [6.45, 7) is 8.81. The van der Waals surface area contributed by atoms with E-state index in [-0.39, 0.29) is 17.7 Å². The Balaban J connectivity index is 1.48. The zero-order valence-corrected chi connectivity index (χ0v) is 15.3. The lowest BCUT2D eigenvalue weighted by Crippen LogP contribution is -2.40. The molecule has 2 heterocycles. The van der Waals surface area contributed by atoms with Crippen LogP contribution < -0.4 is 10.2 Å². The number of carbonyl (C=O) groups excluding carboxylic acids is 2. The highest BCUT2D eigenvalue weighted by molar-refractivity contribution is 6.00. The maximum Gasteiger partial charge on any atom is 0.227 e. The highest BCUT2D eigenvalue weighted by atomic mass is 16.2. The average molecular weight is 343 g/mol. The van der Waals surface area contributed by atoms with Crippen LogP contribution in [0, 0.1) is 18.8 Å². The zero-order valence-electron chi connectivity index (χ0n) is 15.3. The fourth-order valence-corrected chi connectivity index (χ4v) is 3.75. The third-order valence-corrected chi connectivity index (χ3v) is 5.56. The largest absolute Gasteiger partial charge is 0.356 e. The van der Waals surface area contributed by atoms with Gasteiger partial charge in [-0.25, -0.2) is 0 Å². The maximum absolute atomic E-state index is 12.5. The van der Waals surface area contributed by atoms with E-state index in [1.165, 1.54) is 5.56 Å². The standard InChI is InChI=1S/C20H29N3O2/c1-3-22-10-8-16(9-11-22)13-21-20(25)17-12-19(24)23(14-17)18-6-4-15(2)5-7-18/h4-7,16-17H,3,8-14H2,1-2H3,(H,21,25)/t17-/m1/s1. The van der Waals surface area contributed by atoms with Crippen molar-refractivity contribution in [3.8, 4) is 0 Å². The van der Waals surface area contributed by atoms with Gasteiger partial charge in [-0.1, -0.05) is 24.6 Å². The lowest BCUT2D eigenvalue weighted by atomic mass is 9.96.